The van der Waals surface area contributed by atoms with Crippen LogP contribution in [-0.2, 0) is 12.3 Å². The molecule has 35 heavy (non-hydrogen) atoms. The zero-order chi connectivity index (χ0) is 25.6. The van der Waals surface area contributed by atoms with Crippen LogP contribution in [0, 0.1) is 5.92 Å². The summed E-state index contributed by atoms with van der Waals surface area (Å²) < 4.78 is 44.4. The lowest BCUT2D eigenvalue weighted by Crippen LogP contribution is -2.41. The molecule has 2 aromatic rings. The van der Waals surface area contributed by atoms with E-state index in [1.807, 2.05) is 19.1 Å². The van der Waals surface area contributed by atoms with Crippen molar-refractivity contribution in [3.8, 4) is 16.9 Å². The van der Waals surface area contributed by atoms with Crippen molar-refractivity contribution in [2.75, 3.05) is 13.2 Å². The van der Waals surface area contributed by atoms with Crippen molar-refractivity contribution in [1.29, 1.82) is 0 Å². The second kappa shape index (κ2) is 11.3. The highest BCUT2D eigenvalue weighted by molar-refractivity contribution is 5.66. The molecular formula is C25H31F3N2O5. The van der Waals surface area contributed by atoms with Gasteiger partial charge in [-0.15, -0.1) is 0 Å². The van der Waals surface area contributed by atoms with Gasteiger partial charge in [-0.1, -0.05) is 30.3 Å². The lowest BCUT2D eigenvalue weighted by Gasteiger charge is -2.29. The zero-order valence-electron chi connectivity index (χ0n) is 19.4. The van der Waals surface area contributed by atoms with Gasteiger partial charge in [-0.3, -0.25) is 0 Å². The molecule has 0 saturated heterocycles. The number of alkyl halides is 3. The van der Waals surface area contributed by atoms with E-state index in [2.05, 4.69) is 10.6 Å². The van der Waals surface area contributed by atoms with Crippen molar-refractivity contribution in [3.63, 3.8) is 0 Å². The minimum absolute atomic E-state index is 0.290. The van der Waals surface area contributed by atoms with Gasteiger partial charge >= 0.3 is 12.3 Å². The van der Waals surface area contributed by atoms with Crippen LogP contribution in [0.4, 0.5) is 18.0 Å². The van der Waals surface area contributed by atoms with Gasteiger partial charge in [0.15, 0.2) is 0 Å². The van der Waals surface area contributed by atoms with Crippen LogP contribution in [0.1, 0.15) is 43.7 Å². The minimum Gasteiger partial charge on any atom is -0.494 e. The van der Waals surface area contributed by atoms with Crippen molar-refractivity contribution in [2.24, 2.45) is 5.92 Å². The van der Waals surface area contributed by atoms with Gasteiger partial charge in [0.25, 0.3) is 5.79 Å². The van der Waals surface area contributed by atoms with Gasteiger partial charge in [0.2, 0.25) is 0 Å². The summed E-state index contributed by atoms with van der Waals surface area (Å²) in [5.74, 6) is -2.87. The fourth-order valence-corrected chi connectivity index (χ4v) is 4.31. The predicted molar refractivity (Wildman–Crippen MR) is 124 cm³/mol. The van der Waals surface area contributed by atoms with Crippen molar-refractivity contribution < 1.29 is 38.0 Å². The molecule has 1 aliphatic carbocycles. The Balaban J connectivity index is 1.68. The Hall–Kier alpha value is -2.82. The van der Waals surface area contributed by atoms with Crippen LogP contribution in [0.15, 0.2) is 42.5 Å². The molecule has 3 rings (SSSR count). The van der Waals surface area contributed by atoms with Crippen LogP contribution in [0.25, 0.3) is 11.1 Å². The van der Waals surface area contributed by atoms with Crippen LogP contribution in [0.3, 0.4) is 0 Å². The molecule has 192 valence electrons. The fraction of sp³-hybridized carbons (Fsp3) is 0.480. The number of ether oxygens (including phenoxy) is 1. The number of benzene rings is 2. The molecule has 0 radical (unpaired) electrons. The quantitative estimate of drug-likeness (QED) is 0.330. The number of hydrogen-bond acceptors (Lipinski definition) is 5. The summed E-state index contributed by atoms with van der Waals surface area (Å²) in [7, 11) is 0. The fourth-order valence-electron chi connectivity index (χ4n) is 4.31. The van der Waals surface area contributed by atoms with Gasteiger partial charge < -0.3 is 30.7 Å². The molecule has 1 aliphatic rings. The molecule has 5 N–H and O–H groups in total. The van der Waals surface area contributed by atoms with Gasteiger partial charge in [0.05, 0.1) is 6.61 Å². The molecule has 0 heterocycles. The van der Waals surface area contributed by atoms with Crippen LogP contribution >= 0.6 is 0 Å². The highest BCUT2D eigenvalue weighted by atomic mass is 19.4. The molecule has 0 aromatic heterocycles. The van der Waals surface area contributed by atoms with E-state index in [0.717, 1.165) is 48.9 Å². The zero-order valence-corrected chi connectivity index (χ0v) is 19.4. The minimum atomic E-state index is -5.21. The van der Waals surface area contributed by atoms with E-state index in [1.165, 1.54) is 12.1 Å². The molecule has 0 spiro atoms. The van der Waals surface area contributed by atoms with E-state index in [0.29, 0.717) is 36.9 Å². The smallest absolute Gasteiger partial charge is 0.447 e. The summed E-state index contributed by atoms with van der Waals surface area (Å²) in [6, 6.07) is 10.8. The lowest BCUT2D eigenvalue weighted by atomic mass is 9.86. The third-order valence-corrected chi connectivity index (χ3v) is 6.35. The standard InChI is InChI=1S/C25H31F3N2O5/c1-2-35-22-12-7-18(17-5-8-20(9-6-17)24(33,34)25(26,27)28)13-19(22)15-29-21-10-3-16(4-11-21)14-30-23(31)32/h5-9,12-13,16,21,29-30,33-34H,2-4,10-11,14-15H2,1H3,(H,31,32). The molecule has 10 heteroatoms. The Morgan fingerprint density at radius 2 is 1.66 bits per heavy atom. The second-order valence-electron chi connectivity index (χ2n) is 8.79. The maximum atomic E-state index is 12.9. The van der Waals surface area contributed by atoms with E-state index >= 15 is 0 Å². The third-order valence-electron chi connectivity index (χ3n) is 6.35. The molecule has 0 bridgehead atoms. The van der Waals surface area contributed by atoms with E-state index in [1.54, 1.807) is 6.07 Å². The number of halogens is 3. The first kappa shape index (κ1) is 26.8. The maximum absolute atomic E-state index is 12.9. The maximum Gasteiger partial charge on any atom is 0.447 e. The Labute approximate surface area is 201 Å². The van der Waals surface area contributed by atoms with E-state index in [4.69, 9.17) is 9.84 Å². The Morgan fingerprint density at radius 1 is 1.03 bits per heavy atom. The summed E-state index contributed by atoms with van der Waals surface area (Å²) >= 11 is 0. The molecule has 7 nitrogen and oxygen atoms in total. The largest absolute Gasteiger partial charge is 0.494 e. The van der Waals surface area contributed by atoms with Crippen molar-refractivity contribution >= 4 is 6.09 Å². The van der Waals surface area contributed by atoms with Crippen LogP contribution in [0.2, 0.25) is 0 Å². The molecule has 0 unspecified atom stereocenters. The monoisotopic (exact) mass is 496 g/mol. The summed E-state index contributed by atoms with van der Waals surface area (Å²) in [5.41, 5.74) is 1.63. The first-order valence-electron chi connectivity index (χ1n) is 11.6. The van der Waals surface area contributed by atoms with Gasteiger partial charge in [-0.05, 0) is 61.8 Å². The summed E-state index contributed by atoms with van der Waals surface area (Å²) in [6.45, 7) is 3.37. The Kier molecular flexibility index (Phi) is 8.63. The van der Waals surface area contributed by atoms with Gasteiger partial charge in [-0.2, -0.15) is 13.2 Å². The molecule has 1 amide bonds. The topological polar surface area (TPSA) is 111 Å². The molecule has 0 aliphatic heterocycles. The SMILES string of the molecule is CCOc1ccc(-c2ccc(C(O)(O)C(F)(F)F)cc2)cc1CNC1CCC(CNC(=O)O)CC1. The Morgan fingerprint density at radius 3 is 2.23 bits per heavy atom. The first-order valence-corrected chi connectivity index (χ1v) is 11.6. The van der Waals surface area contributed by atoms with E-state index in [-0.39, 0.29) is 6.04 Å². The number of rotatable bonds is 9. The average Bonchev–Trinajstić information content (AvgIpc) is 2.82. The van der Waals surface area contributed by atoms with E-state index < -0.39 is 23.6 Å². The van der Waals surface area contributed by atoms with Gasteiger partial charge in [-0.25, -0.2) is 4.79 Å². The lowest BCUT2D eigenvalue weighted by molar-refractivity contribution is -0.358. The molecular weight excluding hydrogens is 465 g/mol. The van der Waals surface area contributed by atoms with Gasteiger partial charge in [0, 0.05) is 30.3 Å². The number of carboxylic acid groups (broad SMARTS) is 1. The summed E-state index contributed by atoms with van der Waals surface area (Å²) in [6.07, 6.45) is -2.50. The van der Waals surface area contributed by atoms with Gasteiger partial charge in [0.1, 0.15) is 5.75 Å². The van der Waals surface area contributed by atoms with Crippen molar-refractivity contribution in [2.45, 2.75) is 57.2 Å². The molecule has 1 fully saturated rings. The summed E-state index contributed by atoms with van der Waals surface area (Å²) in [4.78, 5) is 10.7. The molecule has 1 saturated carbocycles. The Bertz CT molecular complexity index is 988. The predicted octanol–water partition coefficient (Wildman–Crippen LogP) is 4.37. The van der Waals surface area contributed by atoms with E-state index in [9.17, 15) is 28.2 Å². The van der Waals surface area contributed by atoms with Crippen LogP contribution in [0.5, 0.6) is 5.75 Å². The second-order valence-corrected chi connectivity index (χ2v) is 8.79. The summed E-state index contributed by atoms with van der Waals surface area (Å²) in [5, 5.41) is 33.7. The average molecular weight is 497 g/mol. The van der Waals surface area contributed by atoms with Crippen LogP contribution in [-0.4, -0.2) is 46.8 Å². The normalized spacial score (nSPS) is 18.8. The number of nitrogens with one attached hydrogen (secondary N) is 2. The highest BCUT2D eigenvalue weighted by Crippen LogP contribution is 2.37. The number of hydrogen-bond donors (Lipinski definition) is 5. The third kappa shape index (κ3) is 6.87. The first-order chi connectivity index (χ1) is 16.5. The highest BCUT2D eigenvalue weighted by Gasteiger charge is 2.54. The number of carbonyl (C=O) groups is 1. The van der Waals surface area contributed by atoms with Crippen molar-refractivity contribution in [1.82, 2.24) is 10.6 Å². The number of aliphatic hydroxyl groups is 2. The molecule has 2 aromatic carbocycles. The van der Waals surface area contributed by atoms with Crippen LogP contribution < -0.4 is 15.4 Å². The van der Waals surface area contributed by atoms with Crippen molar-refractivity contribution in [3.05, 3.63) is 53.6 Å². The molecule has 0 atom stereocenters. The number of amides is 1.